The van der Waals surface area contributed by atoms with Gasteiger partial charge in [0.25, 0.3) is 5.91 Å². The average Bonchev–Trinajstić information content (AvgIpc) is 2.88. The highest BCUT2D eigenvalue weighted by molar-refractivity contribution is 6.30. The number of likely N-dealkylation sites (N-methyl/N-ethyl adjacent to an activating group) is 1. The number of phenolic OH excluding ortho intramolecular Hbond substituents is 1. The Morgan fingerprint density at radius 2 is 1.89 bits per heavy atom. The molecule has 2 aromatic carbocycles. The molecule has 8 heteroatoms. The molecule has 27 heavy (non-hydrogen) atoms. The Morgan fingerprint density at radius 3 is 2.52 bits per heavy atom. The van der Waals surface area contributed by atoms with Gasteiger partial charge in [-0.25, -0.2) is 8.78 Å². The van der Waals surface area contributed by atoms with Gasteiger partial charge in [-0.2, -0.15) is 0 Å². The quantitative estimate of drug-likeness (QED) is 0.716. The van der Waals surface area contributed by atoms with Gasteiger partial charge in [0, 0.05) is 29.8 Å². The highest BCUT2D eigenvalue weighted by Gasteiger charge is 2.23. The van der Waals surface area contributed by atoms with Crippen LogP contribution in [0.3, 0.4) is 0 Å². The van der Waals surface area contributed by atoms with E-state index >= 15 is 0 Å². The van der Waals surface area contributed by atoms with Crippen molar-refractivity contribution in [2.45, 2.75) is 13.3 Å². The molecule has 0 aliphatic heterocycles. The normalized spacial score (nSPS) is 11.0. The number of amides is 1. The molecule has 3 aromatic rings. The lowest BCUT2D eigenvalue weighted by Gasteiger charge is -2.08. The van der Waals surface area contributed by atoms with E-state index < -0.39 is 23.3 Å². The maximum absolute atomic E-state index is 13.9. The van der Waals surface area contributed by atoms with Crippen molar-refractivity contribution in [2.24, 2.45) is 0 Å². The van der Waals surface area contributed by atoms with Gasteiger partial charge in [0.05, 0.1) is 17.0 Å². The predicted octanol–water partition coefficient (Wildman–Crippen LogP) is 3.56. The summed E-state index contributed by atoms with van der Waals surface area (Å²) in [5.74, 6) is -3.19. The number of halogens is 3. The average molecular weight is 393 g/mol. The van der Waals surface area contributed by atoms with Gasteiger partial charge >= 0.3 is 0 Å². The maximum Gasteiger partial charge on any atom is 0.262 e. The largest absolute Gasteiger partial charge is 0.505 e. The van der Waals surface area contributed by atoms with E-state index in [-0.39, 0.29) is 28.4 Å². The standard InChI is InChI=1S/C19H15ClF2N2O3/c1-9-11(7-18(26)23-2)12-6-17(25)15(22)8-16(12)24(9)19(27)10-3-4-13(20)14(21)5-10/h3-6,8,25H,7H2,1-2H3,(H,23,26). The van der Waals surface area contributed by atoms with Crippen LogP contribution < -0.4 is 5.32 Å². The van der Waals surface area contributed by atoms with Gasteiger partial charge in [-0.3, -0.25) is 14.2 Å². The van der Waals surface area contributed by atoms with Crippen LogP contribution in [0.15, 0.2) is 30.3 Å². The number of fused-ring (bicyclic) bond motifs is 1. The fourth-order valence-electron chi connectivity index (χ4n) is 2.98. The van der Waals surface area contributed by atoms with Crippen LogP contribution in [-0.4, -0.2) is 28.5 Å². The Morgan fingerprint density at radius 1 is 1.19 bits per heavy atom. The lowest BCUT2D eigenvalue weighted by molar-refractivity contribution is -0.119. The first-order chi connectivity index (χ1) is 12.7. The first kappa shape index (κ1) is 18.8. The van der Waals surface area contributed by atoms with Gasteiger partial charge in [-0.1, -0.05) is 11.6 Å². The first-order valence-electron chi connectivity index (χ1n) is 7.97. The number of phenols is 1. The summed E-state index contributed by atoms with van der Waals surface area (Å²) in [7, 11) is 1.47. The molecule has 0 aliphatic carbocycles. The van der Waals surface area contributed by atoms with Crippen LogP contribution >= 0.6 is 11.6 Å². The Hall–Kier alpha value is -2.93. The molecule has 0 radical (unpaired) electrons. The van der Waals surface area contributed by atoms with Crippen molar-refractivity contribution in [2.75, 3.05) is 7.05 Å². The van der Waals surface area contributed by atoms with E-state index in [2.05, 4.69) is 5.32 Å². The van der Waals surface area contributed by atoms with Crippen LogP contribution in [0.25, 0.3) is 10.9 Å². The zero-order valence-electron chi connectivity index (χ0n) is 14.4. The van der Waals surface area contributed by atoms with Crippen molar-refractivity contribution >= 4 is 34.3 Å². The molecule has 1 heterocycles. The minimum atomic E-state index is -0.914. The minimum absolute atomic E-state index is 0.0110. The molecule has 0 atom stereocenters. The monoisotopic (exact) mass is 392 g/mol. The third kappa shape index (κ3) is 3.26. The number of aromatic nitrogens is 1. The molecule has 0 fully saturated rings. The van der Waals surface area contributed by atoms with Crippen LogP contribution in [0.2, 0.25) is 5.02 Å². The number of benzene rings is 2. The van der Waals surface area contributed by atoms with Crippen LogP contribution in [0.4, 0.5) is 8.78 Å². The number of aromatic hydroxyl groups is 1. The van der Waals surface area contributed by atoms with E-state index in [9.17, 15) is 23.5 Å². The van der Waals surface area contributed by atoms with E-state index in [0.717, 1.165) is 12.1 Å². The van der Waals surface area contributed by atoms with Crippen molar-refractivity contribution in [1.82, 2.24) is 9.88 Å². The molecular weight excluding hydrogens is 378 g/mol. The topological polar surface area (TPSA) is 71.3 Å². The summed E-state index contributed by atoms with van der Waals surface area (Å²) in [6, 6.07) is 5.78. The second-order valence-electron chi connectivity index (χ2n) is 6.00. The molecule has 1 aromatic heterocycles. The zero-order chi connectivity index (χ0) is 19.9. The van der Waals surface area contributed by atoms with Crippen molar-refractivity contribution in [1.29, 1.82) is 0 Å². The number of nitrogens with one attached hydrogen (secondary N) is 1. The van der Waals surface area contributed by atoms with E-state index in [1.165, 1.54) is 29.8 Å². The number of carbonyl (C=O) groups is 2. The lowest BCUT2D eigenvalue weighted by atomic mass is 10.1. The van der Waals surface area contributed by atoms with Gasteiger partial charge in [0.15, 0.2) is 11.6 Å². The van der Waals surface area contributed by atoms with Crippen molar-refractivity contribution < 1.29 is 23.5 Å². The van der Waals surface area contributed by atoms with Gasteiger partial charge in [-0.05, 0) is 36.8 Å². The molecule has 3 rings (SSSR count). The SMILES string of the molecule is CNC(=O)Cc1c(C)n(C(=O)c2ccc(Cl)c(F)c2)c2cc(F)c(O)cc12. The number of hydrogen-bond acceptors (Lipinski definition) is 3. The van der Waals surface area contributed by atoms with Gasteiger partial charge < -0.3 is 10.4 Å². The van der Waals surface area contributed by atoms with Crippen LogP contribution in [0.1, 0.15) is 21.6 Å². The van der Waals surface area contributed by atoms with Crippen LogP contribution in [0.5, 0.6) is 5.75 Å². The molecule has 0 saturated heterocycles. The van der Waals surface area contributed by atoms with Crippen LogP contribution in [-0.2, 0) is 11.2 Å². The maximum atomic E-state index is 13.9. The minimum Gasteiger partial charge on any atom is -0.505 e. The molecule has 140 valence electrons. The summed E-state index contributed by atoms with van der Waals surface area (Å²) in [5, 5.41) is 12.4. The highest BCUT2D eigenvalue weighted by atomic mass is 35.5. The molecule has 2 N–H and O–H groups in total. The summed E-state index contributed by atoms with van der Waals surface area (Å²) in [6.45, 7) is 1.59. The zero-order valence-corrected chi connectivity index (χ0v) is 15.2. The Labute approximate surface area is 158 Å². The third-order valence-electron chi connectivity index (χ3n) is 4.39. The molecule has 0 unspecified atom stereocenters. The van der Waals surface area contributed by atoms with Crippen LogP contribution in [0, 0.1) is 18.6 Å². The second kappa shape index (κ2) is 7.00. The van der Waals surface area contributed by atoms with Crippen molar-refractivity contribution in [3.63, 3.8) is 0 Å². The smallest absolute Gasteiger partial charge is 0.262 e. The second-order valence-corrected chi connectivity index (χ2v) is 6.41. The number of hydrogen-bond donors (Lipinski definition) is 2. The first-order valence-corrected chi connectivity index (χ1v) is 8.35. The molecule has 0 aliphatic rings. The fraction of sp³-hybridized carbons (Fsp3) is 0.158. The van der Waals surface area contributed by atoms with E-state index in [0.29, 0.717) is 16.6 Å². The summed E-state index contributed by atoms with van der Waals surface area (Å²) < 4.78 is 28.9. The summed E-state index contributed by atoms with van der Waals surface area (Å²) in [4.78, 5) is 24.8. The van der Waals surface area contributed by atoms with Gasteiger partial charge in [-0.15, -0.1) is 0 Å². The third-order valence-corrected chi connectivity index (χ3v) is 4.70. The summed E-state index contributed by atoms with van der Waals surface area (Å²) >= 11 is 5.66. The highest BCUT2D eigenvalue weighted by Crippen LogP contribution is 2.32. The number of nitrogens with zero attached hydrogens (tertiary/aromatic N) is 1. The van der Waals surface area contributed by atoms with Crippen molar-refractivity contribution in [3.05, 3.63) is 63.8 Å². The Kier molecular flexibility index (Phi) is 4.89. The molecular formula is C19H15ClF2N2O3. The Bertz CT molecular complexity index is 1090. The lowest BCUT2D eigenvalue weighted by Crippen LogP contribution is -2.20. The van der Waals surface area contributed by atoms with E-state index in [1.54, 1.807) is 6.92 Å². The van der Waals surface area contributed by atoms with Gasteiger partial charge in [0.2, 0.25) is 5.91 Å². The molecule has 0 saturated carbocycles. The molecule has 0 spiro atoms. The predicted molar refractivity (Wildman–Crippen MR) is 97.2 cm³/mol. The summed E-state index contributed by atoms with van der Waals surface area (Å²) in [5.41, 5.74) is 1.03. The fourth-order valence-corrected chi connectivity index (χ4v) is 3.10. The van der Waals surface area contributed by atoms with Gasteiger partial charge in [0.1, 0.15) is 5.82 Å². The van der Waals surface area contributed by atoms with E-state index in [4.69, 9.17) is 11.6 Å². The molecule has 5 nitrogen and oxygen atoms in total. The number of rotatable bonds is 3. The molecule has 0 bridgehead atoms. The Balaban J connectivity index is 2.26. The van der Waals surface area contributed by atoms with E-state index in [1.807, 2.05) is 0 Å². The summed E-state index contributed by atoms with van der Waals surface area (Å²) in [6.07, 6.45) is -0.0703. The number of carbonyl (C=O) groups excluding carboxylic acids is 2. The molecule has 1 amide bonds. The van der Waals surface area contributed by atoms with Crippen molar-refractivity contribution in [3.8, 4) is 5.75 Å².